The Bertz CT molecular complexity index is 1390. The van der Waals surface area contributed by atoms with Gasteiger partial charge in [0.05, 0.1) is 23.1 Å². The van der Waals surface area contributed by atoms with Crippen LogP contribution in [0.1, 0.15) is 51.8 Å². The maximum atomic E-state index is 9.59. The predicted octanol–water partition coefficient (Wildman–Crippen LogP) is 4.33. The Morgan fingerprint density at radius 1 is 1.15 bits per heavy atom. The Balaban J connectivity index is 1.50. The molecule has 4 aromatic heterocycles. The molecule has 1 fully saturated rings. The number of anilines is 1. The topological polar surface area (TPSA) is 95.0 Å². The molecule has 5 heterocycles. The van der Waals surface area contributed by atoms with Crippen LogP contribution in [0.2, 0.25) is 0 Å². The number of nitriles is 1. The van der Waals surface area contributed by atoms with Crippen LogP contribution in [0.4, 0.5) is 5.13 Å². The van der Waals surface area contributed by atoms with Crippen LogP contribution in [0.5, 0.6) is 0 Å². The van der Waals surface area contributed by atoms with E-state index in [0.29, 0.717) is 28.6 Å². The predicted molar refractivity (Wildman–Crippen MR) is 132 cm³/mol. The molecule has 170 valence electrons. The molecule has 4 aromatic rings. The lowest BCUT2D eigenvalue weighted by molar-refractivity contribution is 0.161. The molecule has 0 unspecified atom stereocenters. The van der Waals surface area contributed by atoms with Gasteiger partial charge in [-0.2, -0.15) is 10.2 Å². The van der Waals surface area contributed by atoms with E-state index in [2.05, 4.69) is 61.0 Å². The molecule has 1 aliphatic heterocycles. The SMILES string of the molecule is Cc1cn2cc(-c3cnc4nc(N(C)C5CC(C)(C)NC(C)(C)C5)sc4n3)cc(C#N)c2n1. The molecule has 1 N–H and O–H groups in total. The number of imidazole rings is 1. The smallest absolute Gasteiger partial charge is 0.191 e. The van der Waals surface area contributed by atoms with Gasteiger partial charge in [0.2, 0.25) is 0 Å². The van der Waals surface area contributed by atoms with Gasteiger partial charge in [-0.1, -0.05) is 11.3 Å². The molecule has 0 saturated carbocycles. The second-order valence-corrected chi connectivity index (χ2v) is 11.3. The molecule has 1 aliphatic rings. The van der Waals surface area contributed by atoms with E-state index < -0.39 is 0 Å². The van der Waals surface area contributed by atoms with Gasteiger partial charge in [0, 0.05) is 42.1 Å². The summed E-state index contributed by atoms with van der Waals surface area (Å²) in [6, 6.07) is 4.45. The molecule has 8 nitrogen and oxygen atoms in total. The van der Waals surface area contributed by atoms with Crippen LogP contribution < -0.4 is 10.2 Å². The fourth-order valence-corrected chi connectivity index (χ4v) is 6.07. The summed E-state index contributed by atoms with van der Waals surface area (Å²) in [5.74, 6) is 0. The maximum Gasteiger partial charge on any atom is 0.191 e. The number of nitrogens with zero attached hydrogens (tertiary/aromatic N) is 7. The largest absolute Gasteiger partial charge is 0.348 e. The number of rotatable bonds is 3. The van der Waals surface area contributed by atoms with Crippen LogP contribution in [-0.4, -0.2) is 48.5 Å². The summed E-state index contributed by atoms with van der Waals surface area (Å²) in [4.78, 5) is 21.8. The van der Waals surface area contributed by atoms with Crippen LogP contribution >= 0.6 is 11.3 Å². The number of piperidine rings is 1. The average Bonchev–Trinajstić information content (AvgIpc) is 3.31. The number of fused-ring (bicyclic) bond motifs is 2. The third-order valence-corrected chi connectivity index (χ3v) is 7.25. The van der Waals surface area contributed by atoms with Gasteiger partial charge in [0.1, 0.15) is 6.07 Å². The highest BCUT2D eigenvalue weighted by atomic mass is 32.1. The van der Waals surface area contributed by atoms with Crippen molar-refractivity contribution in [2.75, 3.05) is 11.9 Å². The Hall–Kier alpha value is -3.09. The van der Waals surface area contributed by atoms with Crippen LogP contribution in [0, 0.1) is 18.3 Å². The molecule has 33 heavy (non-hydrogen) atoms. The lowest BCUT2D eigenvalue weighted by Crippen LogP contribution is -2.61. The number of aromatic nitrogens is 5. The number of aryl methyl sites for hydroxylation is 1. The van der Waals surface area contributed by atoms with Gasteiger partial charge >= 0.3 is 0 Å². The molecule has 9 heteroatoms. The summed E-state index contributed by atoms with van der Waals surface area (Å²) >= 11 is 1.56. The summed E-state index contributed by atoms with van der Waals surface area (Å²) in [6.45, 7) is 11.0. The van der Waals surface area contributed by atoms with Crippen molar-refractivity contribution in [3.05, 3.63) is 35.9 Å². The van der Waals surface area contributed by atoms with Crippen molar-refractivity contribution in [1.29, 1.82) is 5.26 Å². The molecule has 0 spiro atoms. The Kier molecular flexibility index (Phi) is 4.92. The third kappa shape index (κ3) is 4.05. The zero-order chi connectivity index (χ0) is 23.5. The lowest BCUT2D eigenvalue weighted by Gasteiger charge is -2.48. The second kappa shape index (κ2) is 7.47. The fraction of sp³-hybridized carbons (Fsp3) is 0.458. The normalized spacial score (nSPS) is 18.0. The minimum atomic E-state index is 0.0593. The van der Waals surface area contributed by atoms with Crippen molar-refractivity contribution >= 4 is 32.6 Å². The van der Waals surface area contributed by atoms with E-state index in [0.717, 1.165) is 34.1 Å². The first-order valence-corrected chi connectivity index (χ1v) is 11.9. The summed E-state index contributed by atoms with van der Waals surface area (Å²) in [7, 11) is 2.12. The first-order valence-electron chi connectivity index (χ1n) is 11.1. The van der Waals surface area contributed by atoms with Crippen molar-refractivity contribution < 1.29 is 0 Å². The maximum absolute atomic E-state index is 9.59. The minimum Gasteiger partial charge on any atom is -0.348 e. The number of thiazole rings is 1. The molecule has 5 rings (SSSR count). The van der Waals surface area contributed by atoms with E-state index in [1.165, 1.54) is 0 Å². The standard InChI is InChI=1S/C24H28N8S/c1-14-12-32-13-16(7-15(10-25)20(32)27-14)18-11-26-19-21(28-18)33-22(29-19)31(6)17-8-23(2,3)30-24(4,5)9-17/h7,11-13,17,30H,8-9H2,1-6H3. The Morgan fingerprint density at radius 3 is 2.58 bits per heavy atom. The second-order valence-electron chi connectivity index (χ2n) is 10.3. The number of hydrogen-bond donors (Lipinski definition) is 1. The molecule has 0 aromatic carbocycles. The third-order valence-electron chi connectivity index (χ3n) is 6.22. The van der Waals surface area contributed by atoms with E-state index in [-0.39, 0.29) is 11.1 Å². The minimum absolute atomic E-state index is 0.0593. The molecule has 0 atom stereocenters. The zero-order valence-electron chi connectivity index (χ0n) is 19.8. The highest BCUT2D eigenvalue weighted by Gasteiger charge is 2.39. The highest BCUT2D eigenvalue weighted by molar-refractivity contribution is 7.21. The van der Waals surface area contributed by atoms with Gasteiger partial charge in [-0.3, -0.25) is 0 Å². The number of pyridine rings is 1. The van der Waals surface area contributed by atoms with Crippen molar-refractivity contribution in [2.45, 2.75) is 64.6 Å². The van der Waals surface area contributed by atoms with Crippen LogP contribution in [-0.2, 0) is 0 Å². The molecular weight excluding hydrogens is 432 g/mol. The molecular formula is C24H28N8S. The molecule has 0 amide bonds. The van der Waals surface area contributed by atoms with Crippen molar-refractivity contribution in [3.8, 4) is 17.3 Å². The molecule has 1 saturated heterocycles. The monoisotopic (exact) mass is 460 g/mol. The van der Waals surface area contributed by atoms with Crippen molar-refractivity contribution in [3.63, 3.8) is 0 Å². The van der Waals surface area contributed by atoms with Crippen molar-refractivity contribution in [1.82, 2.24) is 29.7 Å². The van der Waals surface area contributed by atoms with Crippen LogP contribution in [0.15, 0.2) is 24.7 Å². The Morgan fingerprint density at radius 2 is 1.88 bits per heavy atom. The Labute approximate surface area is 197 Å². The van der Waals surface area contributed by atoms with Gasteiger partial charge in [-0.15, -0.1) is 0 Å². The van der Waals surface area contributed by atoms with Gasteiger partial charge in [0.25, 0.3) is 0 Å². The number of nitrogens with one attached hydrogen (secondary N) is 1. The molecule has 0 aliphatic carbocycles. The average molecular weight is 461 g/mol. The van der Waals surface area contributed by atoms with Gasteiger partial charge < -0.3 is 14.6 Å². The quantitative estimate of drug-likeness (QED) is 0.486. The number of hydrogen-bond acceptors (Lipinski definition) is 8. The first kappa shape index (κ1) is 21.7. The fourth-order valence-electron chi connectivity index (χ4n) is 5.14. The lowest BCUT2D eigenvalue weighted by atomic mass is 9.79. The van der Waals surface area contributed by atoms with E-state index in [1.807, 2.05) is 29.8 Å². The van der Waals surface area contributed by atoms with Crippen molar-refractivity contribution in [2.24, 2.45) is 0 Å². The van der Waals surface area contributed by atoms with Crippen LogP contribution in [0.25, 0.3) is 27.4 Å². The van der Waals surface area contributed by atoms with E-state index in [9.17, 15) is 5.26 Å². The van der Waals surface area contributed by atoms with E-state index in [1.54, 1.807) is 17.5 Å². The summed E-state index contributed by atoms with van der Waals surface area (Å²) < 4.78 is 1.88. The van der Waals surface area contributed by atoms with Gasteiger partial charge in [-0.25, -0.2) is 15.0 Å². The summed E-state index contributed by atoms with van der Waals surface area (Å²) in [5, 5.41) is 14.3. The highest BCUT2D eigenvalue weighted by Crippen LogP contribution is 2.36. The van der Waals surface area contributed by atoms with E-state index in [4.69, 9.17) is 9.97 Å². The van der Waals surface area contributed by atoms with Crippen LogP contribution in [0.3, 0.4) is 0 Å². The summed E-state index contributed by atoms with van der Waals surface area (Å²) in [5.41, 5.74) is 4.35. The zero-order valence-corrected chi connectivity index (χ0v) is 20.7. The summed E-state index contributed by atoms with van der Waals surface area (Å²) in [6.07, 6.45) is 7.66. The molecule has 0 bridgehead atoms. The van der Waals surface area contributed by atoms with Gasteiger partial charge in [-0.05, 0) is 53.5 Å². The molecule has 0 radical (unpaired) electrons. The van der Waals surface area contributed by atoms with E-state index >= 15 is 0 Å². The first-order chi connectivity index (χ1) is 15.5. The van der Waals surface area contributed by atoms with Gasteiger partial charge in [0.15, 0.2) is 21.3 Å².